The fourth-order valence-corrected chi connectivity index (χ4v) is 2.63. The molecule has 1 N–H and O–H groups in total. The number of aromatic nitrogens is 1. The molecule has 0 aliphatic rings. The second-order valence-corrected chi connectivity index (χ2v) is 5.62. The maximum Gasteiger partial charge on any atom is 0.337 e. The minimum absolute atomic E-state index is 0.0524. The molecule has 88 valence electrons. The van der Waals surface area contributed by atoms with Crippen molar-refractivity contribution in [2.24, 2.45) is 0 Å². The van der Waals surface area contributed by atoms with Crippen molar-refractivity contribution in [3.05, 3.63) is 29.6 Å². The summed E-state index contributed by atoms with van der Waals surface area (Å²) in [7, 11) is -3.13. The number of carboxylic acids is 1. The normalized spacial score (nSPS) is 11.3. The molecule has 0 unspecified atom stereocenters. The van der Waals surface area contributed by atoms with Gasteiger partial charge in [0.2, 0.25) is 0 Å². The highest BCUT2D eigenvalue weighted by atomic mass is 32.2. The largest absolute Gasteiger partial charge is 0.478 e. The quantitative estimate of drug-likeness (QED) is 0.837. The third kappa shape index (κ3) is 3.62. The van der Waals surface area contributed by atoms with Crippen molar-refractivity contribution in [1.82, 2.24) is 4.98 Å². The topological polar surface area (TPSA) is 84.3 Å². The van der Waals surface area contributed by atoms with E-state index in [-0.39, 0.29) is 17.1 Å². The summed E-state index contributed by atoms with van der Waals surface area (Å²) in [6.45, 7) is 1.79. The van der Waals surface area contributed by atoms with E-state index in [9.17, 15) is 13.2 Å². The van der Waals surface area contributed by atoms with Crippen LogP contribution in [0.4, 0.5) is 0 Å². The lowest BCUT2D eigenvalue weighted by Gasteiger charge is -2.02. The Kier molecular flexibility index (Phi) is 4.00. The Labute approximate surface area is 94.1 Å². The molecule has 0 spiro atoms. The molecule has 0 bridgehead atoms. The number of pyridine rings is 1. The third-order valence-corrected chi connectivity index (χ3v) is 3.72. The average Bonchev–Trinajstić information content (AvgIpc) is 2.17. The number of rotatable bonds is 5. The second-order valence-electron chi connectivity index (χ2n) is 3.44. The summed E-state index contributed by atoms with van der Waals surface area (Å²) in [5.74, 6) is -1.09. The Bertz CT molecular complexity index is 464. The van der Waals surface area contributed by atoms with Crippen LogP contribution in [0.25, 0.3) is 0 Å². The van der Waals surface area contributed by atoms with Crippen molar-refractivity contribution in [1.29, 1.82) is 0 Å². The summed E-state index contributed by atoms with van der Waals surface area (Å²) in [5, 5.41) is 8.63. The molecule has 16 heavy (non-hydrogen) atoms. The number of hydrogen-bond donors (Lipinski definition) is 1. The molecule has 0 saturated carbocycles. The van der Waals surface area contributed by atoms with Gasteiger partial charge < -0.3 is 5.11 Å². The van der Waals surface area contributed by atoms with Gasteiger partial charge in [0.25, 0.3) is 0 Å². The van der Waals surface area contributed by atoms with Crippen LogP contribution in [0, 0.1) is 0 Å². The summed E-state index contributed by atoms with van der Waals surface area (Å²) in [6.07, 6.45) is 1.73. The molecule has 0 aliphatic heterocycles. The third-order valence-electron chi connectivity index (χ3n) is 1.95. The lowest BCUT2D eigenvalue weighted by molar-refractivity contribution is 0.0696. The van der Waals surface area contributed by atoms with Gasteiger partial charge in [-0.3, -0.25) is 4.98 Å². The van der Waals surface area contributed by atoms with Crippen molar-refractivity contribution < 1.29 is 18.3 Å². The maximum atomic E-state index is 11.5. The second kappa shape index (κ2) is 5.07. The molecule has 1 aromatic rings. The first-order valence-corrected chi connectivity index (χ1v) is 6.65. The highest BCUT2D eigenvalue weighted by Crippen LogP contribution is 2.06. The zero-order valence-electron chi connectivity index (χ0n) is 8.88. The van der Waals surface area contributed by atoms with Crippen LogP contribution in [0.3, 0.4) is 0 Å². The zero-order chi connectivity index (χ0) is 12.2. The number of sulfone groups is 1. The van der Waals surface area contributed by atoms with Gasteiger partial charge in [-0.25, -0.2) is 13.2 Å². The fraction of sp³-hybridized carbons (Fsp3) is 0.400. The molecule has 0 saturated heterocycles. The van der Waals surface area contributed by atoms with Gasteiger partial charge in [0.05, 0.1) is 22.8 Å². The molecule has 0 radical (unpaired) electrons. The van der Waals surface area contributed by atoms with Crippen LogP contribution in [-0.4, -0.2) is 30.2 Å². The lowest BCUT2D eigenvalue weighted by atomic mass is 10.2. The molecule has 6 heteroatoms. The van der Waals surface area contributed by atoms with Crippen LogP contribution < -0.4 is 0 Å². The Morgan fingerprint density at radius 2 is 2.12 bits per heavy atom. The first-order valence-electron chi connectivity index (χ1n) is 4.83. The molecular formula is C10H13NO4S. The predicted octanol–water partition coefficient (Wildman–Crippen LogP) is 1.10. The van der Waals surface area contributed by atoms with Gasteiger partial charge in [0.1, 0.15) is 0 Å². The van der Waals surface area contributed by atoms with E-state index in [1.54, 1.807) is 6.92 Å². The highest BCUT2D eigenvalue weighted by molar-refractivity contribution is 7.90. The maximum absolute atomic E-state index is 11.5. The van der Waals surface area contributed by atoms with Crippen LogP contribution in [0.2, 0.25) is 0 Å². The zero-order valence-corrected chi connectivity index (χ0v) is 9.70. The van der Waals surface area contributed by atoms with E-state index >= 15 is 0 Å². The molecule has 0 aromatic carbocycles. The summed E-state index contributed by atoms with van der Waals surface area (Å²) >= 11 is 0. The van der Waals surface area contributed by atoms with Gasteiger partial charge >= 0.3 is 5.97 Å². The van der Waals surface area contributed by atoms with E-state index in [0.717, 1.165) is 0 Å². The van der Waals surface area contributed by atoms with Gasteiger partial charge in [-0.05, 0) is 18.6 Å². The molecule has 1 rings (SSSR count). The minimum Gasteiger partial charge on any atom is -0.478 e. The summed E-state index contributed by atoms with van der Waals surface area (Å²) in [5.41, 5.74) is 0.426. The lowest BCUT2D eigenvalue weighted by Crippen LogP contribution is -2.10. The fourth-order valence-electron chi connectivity index (χ4n) is 1.24. The number of carbonyl (C=O) groups is 1. The average molecular weight is 243 g/mol. The first-order chi connectivity index (χ1) is 7.44. The van der Waals surface area contributed by atoms with Gasteiger partial charge in [-0.2, -0.15) is 0 Å². The van der Waals surface area contributed by atoms with Gasteiger partial charge in [0, 0.05) is 6.20 Å². The van der Waals surface area contributed by atoms with Gasteiger partial charge in [0.15, 0.2) is 9.84 Å². The van der Waals surface area contributed by atoms with E-state index in [2.05, 4.69) is 4.98 Å². The van der Waals surface area contributed by atoms with Gasteiger partial charge in [-0.15, -0.1) is 0 Å². The minimum atomic E-state index is -3.13. The van der Waals surface area contributed by atoms with Crippen LogP contribution in [0.5, 0.6) is 0 Å². The molecule has 0 amide bonds. The molecular weight excluding hydrogens is 230 g/mol. The summed E-state index contributed by atoms with van der Waals surface area (Å²) < 4.78 is 22.9. The van der Waals surface area contributed by atoms with E-state index in [4.69, 9.17) is 5.11 Å². The first kappa shape index (κ1) is 12.6. The van der Waals surface area contributed by atoms with Crippen LogP contribution in [0.15, 0.2) is 18.3 Å². The SMILES string of the molecule is CCCS(=O)(=O)Cc1ccc(C(=O)O)cn1. The molecule has 0 fully saturated rings. The van der Waals surface area contributed by atoms with Crippen molar-refractivity contribution >= 4 is 15.8 Å². The van der Waals surface area contributed by atoms with E-state index in [1.807, 2.05) is 0 Å². The highest BCUT2D eigenvalue weighted by Gasteiger charge is 2.12. The molecule has 0 aliphatic carbocycles. The van der Waals surface area contributed by atoms with Crippen LogP contribution in [-0.2, 0) is 15.6 Å². The van der Waals surface area contributed by atoms with Crippen LogP contribution in [0.1, 0.15) is 29.4 Å². The number of hydrogen-bond acceptors (Lipinski definition) is 4. The number of carboxylic acid groups (broad SMARTS) is 1. The monoisotopic (exact) mass is 243 g/mol. The summed E-state index contributed by atoms with van der Waals surface area (Å²) in [4.78, 5) is 14.3. The van der Waals surface area contributed by atoms with Crippen molar-refractivity contribution in [3.63, 3.8) is 0 Å². The summed E-state index contributed by atoms with van der Waals surface area (Å²) in [6, 6.07) is 2.78. The number of aromatic carboxylic acids is 1. The van der Waals surface area contributed by atoms with Crippen molar-refractivity contribution in [2.45, 2.75) is 19.1 Å². The Morgan fingerprint density at radius 1 is 1.44 bits per heavy atom. The van der Waals surface area contributed by atoms with E-state index in [1.165, 1.54) is 18.3 Å². The van der Waals surface area contributed by atoms with Crippen LogP contribution >= 0.6 is 0 Å². The smallest absolute Gasteiger partial charge is 0.337 e. The Balaban J connectivity index is 2.80. The molecule has 1 aromatic heterocycles. The van der Waals surface area contributed by atoms with Crippen molar-refractivity contribution in [2.75, 3.05) is 5.75 Å². The number of nitrogens with zero attached hydrogens (tertiary/aromatic N) is 1. The molecule has 5 nitrogen and oxygen atoms in total. The van der Waals surface area contributed by atoms with Crippen molar-refractivity contribution in [3.8, 4) is 0 Å². The van der Waals surface area contributed by atoms with Gasteiger partial charge in [-0.1, -0.05) is 6.92 Å². The Hall–Kier alpha value is -1.43. The Morgan fingerprint density at radius 3 is 2.56 bits per heavy atom. The predicted molar refractivity (Wildman–Crippen MR) is 59.0 cm³/mol. The van der Waals surface area contributed by atoms with E-state index in [0.29, 0.717) is 12.1 Å². The molecule has 1 heterocycles. The molecule has 0 atom stereocenters. The van der Waals surface area contributed by atoms with E-state index < -0.39 is 15.8 Å². The standard InChI is InChI=1S/C10H13NO4S/c1-2-5-16(14,15)7-9-4-3-8(6-11-9)10(12)13/h3-4,6H,2,5,7H2,1H3,(H,12,13).